The number of hydrogen-bond acceptors (Lipinski definition) is 3. The SMILES string of the molecule is CC(C)(C)NC[C@H](O)c1cccnc1C(C)(C)C. The Balaban J connectivity index is 2.89. The monoisotopic (exact) mass is 250 g/mol. The van der Waals surface area contributed by atoms with Crippen LogP contribution in [0.4, 0.5) is 0 Å². The number of aromatic nitrogens is 1. The number of rotatable bonds is 3. The molecule has 102 valence electrons. The lowest BCUT2D eigenvalue weighted by Gasteiger charge is -2.26. The third kappa shape index (κ3) is 4.39. The second kappa shape index (κ2) is 5.37. The van der Waals surface area contributed by atoms with Gasteiger partial charge in [0.15, 0.2) is 0 Å². The summed E-state index contributed by atoms with van der Waals surface area (Å²) in [5.41, 5.74) is 1.83. The summed E-state index contributed by atoms with van der Waals surface area (Å²) in [7, 11) is 0. The normalized spacial score (nSPS) is 14.6. The summed E-state index contributed by atoms with van der Waals surface area (Å²) in [5.74, 6) is 0. The summed E-state index contributed by atoms with van der Waals surface area (Å²) in [6, 6.07) is 3.84. The summed E-state index contributed by atoms with van der Waals surface area (Å²) in [4.78, 5) is 4.43. The minimum absolute atomic E-state index is 0.00504. The van der Waals surface area contributed by atoms with Gasteiger partial charge in [0, 0.05) is 29.3 Å². The van der Waals surface area contributed by atoms with E-state index >= 15 is 0 Å². The Hall–Kier alpha value is -0.930. The van der Waals surface area contributed by atoms with Gasteiger partial charge in [-0.05, 0) is 26.8 Å². The molecule has 0 amide bonds. The molecule has 18 heavy (non-hydrogen) atoms. The summed E-state index contributed by atoms with van der Waals surface area (Å²) in [6.07, 6.45) is 1.26. The first-order chi connectivity index (χ1) is 8.11. The molecular weight excluding hydrogens is 224 g/mol. The lowest BCUT2D eigenvalue weighted by molar-refractivity contribution is 0.160. The molecule has 2 N–H and O–H groups in total. The Morgan fingerprint density at radius 3 is 2.33 bits per heavy atom. The van der Waals surface area contributed by atoms with Gasteiger partial charge < -0.3 is 10.4 Å². The maximum Gasteiger partial charge on any atom is 0.0932 e. The molecule has 0 bridgehead atoms. The van der Waals surface area contributed by atoms with Crippen molar-refractivity contribution in [1.82, 2.24) is 10.3 Å². The number of aliphatic hydroxyl groups excluding tert-OH is 1. The molecule has 0 fully saturated rings. The lowest BCUT2D eigenvalue weighted by atomic mass is 9.86. The molecule has 0 aliphatic carbocycles. The van der Waals surface area contributed by atoms with Crippen molar-refractivity contribution in [1.29, 1.82) is 0 Å². The van der Waals surface area contributed by atoms with Crippen molar-refractivity contribution in [3.8, 4) is 0 Å². The first kappa shape index (κ1) is 15.1. The van der Waals surface area contributed by atoms with Crippen molar-refractivity contribution >= 4 is 0 Å². The lowest BCUT2D eigenvalue weighted by Crippen LogP contribution is -2.39. The third-order valence-corrected chi connectivity index (χ3v) is 2.73. The molecule has 0 aliphatic rings. The summed E-state index contributed by atoms with van der Waals surface area (Å²) in [5, 5.41) is 13.6. The predicted molar refractivity (Wildman–Crippen MR) is 75.7 cm³/mol. The minimum atomic E-state index is -0.521. The van der Waals surface area contributed by atoms with Gasteiger partial charge in [-0.3, -0.25) is 4.98 Å². The number of aliphatic hydroxyl groups is 1. The van der Waals surface area contributed by atoms with E-state index in [2.05, 4.69) is 51.8 Å². The van der Waals surface area contributed by atoms with Crippen LogP contribution in [0.3, 0.4) is 0 Å². The van der Waals surface area contributed by atoms with E-state index in [0.29, 0.717) is 6.54 Å². The second-order valence-corrected chi connectivity index (χ2v) is 6.84. The van der Waals surface area contributed by atoms with Crippen LogP contribution in [0, 0.1) is 0 Å². The Morgan fingerprint density at radius 2 is 1.83 bits per heavy atom. The van der Waals surface area contributed by atoms with Gasteiger partial charge in [0.2, 0.25) is 0 Å². The first-order valence-corrected chi connectivity index (χ1v) is 6.50. The van der Waals surface area contributed by atoms with Crippen LogP contribution in [0.2, 0.25) is 0 Å². The molecule has 1 aromatic rings. The Labute approximate surface area is 111 Å². The molecule has 1 aromatic heterocycles. The minimum Gasteiger partial charge on any atom is -0.387 e. The maximum absolute atomic E-state index is 10.3. The van der Waals surface area contributed by atoms with Gasteiger partial charge in [-0.15, -0.1) is 0 Å². The van der Waals surface area contributed by atoms with Gasteiger partial charge >= 0.3 is 0 Å². The average molecular weight is 250 g/mol. The van der Waals surface area contributed by atoms with Crippen LogP contribution in [0.25, 0.3) is 0 Å². The Bertz CT molecular complexity index is 388. The predicted octanol–water partition coefficient (Wildman–Crippen LogP) is 2.80. The van der Waals surface area contributed by atoms with Crippen LogP contribution in [0.15, 0.2) is 18.3 Å². The molecule has 1 rings (SSSR count). The zero-order chi connectivity index (χ0) is 14.0. The number of nitrogens with one attached hydrogen (secondary N) is 1. The highest BCUT2D eigenvalue weighted by molar-refractivity contribution is 5.28. The van der Waals surface area contributed by atoms with Gasteiger partial charge in [0.25, 0.3) is 0 Å². The van der Waals surface area contributed by atoms with E-state index in [1.807, 2.05) is 12.1 Å². The van der Waals surface area contributed by atoms with Crippen molar-refractivity contribution < 1.29 is 5.11 Å². The summed E-state index contributed by atoms with van der Waals surface area (Å²) in [6.45, 7) is 13.2. The Kier molecular flexibility index (Phi) is 4.51. The Morgan fingerprint density at radius 1 is 1.22 bits per heavy atom. The van der Waals surface area contributed by atoms with E-state index in [4.69, 9.17) is 0 Å². The molecule has 0 radical (unpaired) electrons. The topological polar surface area (TPSA) is 45.1 Å². The van der Waals surface area contributed by atoms with Crippen molar-refractivity contribution in [2.75, 3.05) is 6.54 Å². The highest BCUT2D eigenvalue weighted by Crippen LogP contribution is 2.27. The van der Waals surface area contributed by atoms with Crippen LogP contribution < -0.4 is 5.32 Å². The third-order valence-electron chi connectivity index (χ3n) is 2.73. The van der Waals surface area contributed by atoms with E-state index in [0.717, 1.165) is 11.3 Å². The average Bonchev–Trinajstić information content (AvgIpc) is 2.24. The van der Waals surface area contributed by atoms with Crippen LogP contribution in [-0.2, 0) is 5.41 Å². The second-order valence-electron chi connectivity index (χ2n) is 6.84. The molecule has 0 aromatic carbocycles. The molecular formula is C15H26N2O. The van der Waals surface area contributed by atoms with Crippen LogP contribution in [0.1, 0.15) is 58.9 Å². The van der Waals surface area contributed by atoms with E-state index < -0.39 is 6.10 Å². The number of hydrogen-bond donors (Lipinski definition) is 2. The van der Waals surface area contributed by atoms with Gasteiger partial charge in [-0.2, -0.15) is 0 Å². The molecule has 0 unspecified atom stereocenters. The van der Waals surface area contributed by atoms with E-state index in [1.54, 1.807) is 6.20 Å². The van der Waals surface area contributed by atoms with Crippen LogP contribution >= 0.6 is 0 Å². The van der Waals surface area contributed by atoms with Crippen LogP contribution in [0.5, 0.6) is 0 Å². The molecule has 0 spiro atoms. The molecule has 1 atom stereocenters. The van der Waals surface area contributed by atoms with Gasteiger partial charge in [-0.1, -0.05) is 26.8 Å². The van der Waals surface area contributed by atoms with Gasteiger partial charge in [0.1, 0.15) is 0 Å². The van der Waals surface area contributed by atoms with Crippen molar-refractivity contribution in [2.24, 2.45) is 0 Å². The molecule has 3 nitrogen and oxygen atoms in total. The quantitative estimate of drug-likeness (QED) is 0.867. The number of β-amino-alcohol motifs (C(OH)–C–C–N with tert-alkyl or cyclic N) is 1. The van der Waals surface area contributed by atoms with E-state index in [-0.39, 0.29) is 11.0 Å². The molecule has 0 saturated heterocycles. The molecule has 0 aliphatic heterocycles. The number of nitrogens with zero attached hydrogens (tertiary/aromatic N) is 1. The fraction of sp³-hybridized carbons (Fsp3) is 0.667. The fourth-order valence-electron chi connectivity index (χ4n) is 1.83. The molecule has 0 saturated carbocycles. The van der Waals surface area contributed by atoms with Crippen molar-refractivity contribution in [2.45, 2.75) is 58.6 Å². The van der Waals surface area contributed by atoms with Crippen molar-refractivity contribution in [3.63, 3.8) is 0 Å². The molecule has 3 heteroatoms. The van der Waals surface area contributed by atoms with E-state index in [1.165, 1.54) is 0 Å². The zero-order valence-electron chi connectivity index (χ0n) is 12.4. The standard InChI is InChI=1S/C15H26N2O/c1-14(2,3)13-11(8-7-9-16-13)12(18)10-17-15(4,5)6/h7-9,12,17-18H,10H2,1-6H3/t12-/m0/s1. The van der Waals surface area contributed by atoms with Gasteiger partial charge in [0.05, 0.1) is 11.8 Å². The largest absolute Gasteiger partial charge is 0.387 e. The summed E-state index contributed by atoms with van der Waals surface area (Å²) < 4.78 is 0. The fourth-order valence-corrected chi connectivity index (χ4v) is 1.83. The highest BCUT2D eigenvalue weighted by atomic mass is 16.3. The highest BCUT2D eigenvalue weighted by Gasteiger charge is 2.23. The van der Waals surface area contributed by atoms with Gasteiger partial charge in [-0.25, -0.2) is 0 Å². The van der Waals surface area contributed by atoms with Crippen LogP contribution in [-0.4, -0.2) is 22.2 Å². The van der Waals surface area contributed by atoms with Crippen molar-refractivity contribution in [3.05, 3.63) is 29.6 Å². The number of pyridine rings is 1. The van der Waals surface area contributed by atoms with E-state index in [9.17, 15) is 5.11 Å². The molecule has 1 heterocycles. The first-order valence-electron chi connectivity index (χ1n) is 6.50. The maximum atomic E-state index is 10.3. The zero-order valence-corrected chi connectivity index (χ0v) is 12.4. The summed E-state index contributed by atoms with van der Waals surface area (Å²) >= 11 is 0. The smallest absolute Gasteiger partial charge is 0.0932 e.